The molecule has 6 nitrogen and oxygen atoms in total. The number of nitriles is 1. The average Bonchev–Trinajstić information content (AvgIpc) is 3.29. The summed E-state index contributed by atoms with van der Waals surface area (Å²) in [6.07, 6.45) is 3.29. The van der Waals surface area contributed by atoms with Crippen molar-refractivity contribution in [3.63, 3.8) is 0 Å². The molecular weight excluding hydrogens is 475 g/mol. The van der Waals surface area contributed by atoms with Crippen molar-refractivity contribution in [3.8, 4) is 17.6 Å². The molecule has 0 saturated carbocycles. The second-order valence-corrected chi connectivity index (χ2v) is 8.32. The Hall–Kier alpha value is -2.43. The van der Waals surface area contributed by atoms with Crippen molar-refractivity contribution in [2.45, 2.75) is 25.6 Å². The number of carbonyl (C=O) groups excluding carboxylic acids is 1. The van der Waals surface area contributed by atoms with Crippen molar-refractivity contribution >= 4 is 46.8 Å². The van der Waals surface area contributed by atoms with Crippen LogP contribution in [0.2, 0.25) is 15.1 Å². The standard InChI is InChI=1S/C23H21Cl3N2O4/c1-30-21-9-14(7-16(11-27)23(29)28-12-18-3-2-6-31-18)8-20(26)22(21)32-13-15-4-5-17(24)10-19(15)25/h4-5,7-10,18H,2-3,6,12-13H2,1H3,(H,28,29)/b16-7+/t18-/m1/s1. The Morgan fingerprint density at radius 2 is 2.09 bits per heavy atom. The van der Waals surface area contributed by atoms with Crippen LogP contribution in [-0.2, 0) is 16.1 Å². The zero-order valence-corrected chi connectivity index (χ0v) is 19.6. The van der Waals surface area contributed by atoms with Gasteiger partial charge >= 0.3 is 0 Å². The maximum absolute atomic E-state index is 12.4. The van der Waals surface area contributed by atoms with Crippen LogP contribution in [0.3, 0.4) is 0 Å². The molecule has 168 valence electrons. The van der Waals surface area contributed by atoms with Gasteiger partial charge in [0.2, 0.25) is 0 Å². The molecule has 2 aromatic rings. The van der Waals surface area contributed by atoms with E-state index in [9.17, 15) is 10.1 Å². The van der Waals surface area contributed by atoms with E-state index < -0.39 is 5.91 Å². The van der Waals surface area contributed by atoms with Gasteiger partial charge < -0.3 is 19.5 Å². The van der Waals surface area contributed by atoms with E-state index in [0.717, 1.165) is 18.4 Å². The molecule has 32 heavy (non-hydrogen) atoms. The van der Waals surface area contributed by atoms with Crippen LogP contribution < -0.4 is 14.8 Å². The molecule has 1 heterocycles. The SMILES string of the molecule is COc1cc(/C=C(\C#N)C(=O)NC[C@H]2CCCO2)cc(Cl)c1OCc1ccc(Cl)cc1Cl. The molecule has 1 N–H and O–H groups in total. The number of rotatable bonds is 8. The Labute approximate surface area is 201 Å². The Bertz CT molecular complexity index is 1060. The van der Waals surface area contributed by atoms with Crippen molar-refractivity contribution in [1.29, 1.82) is 5.26 Å². The first-order valence-corrected chi connectivity index (χ1v) is 11.0. The molecule has 0 bridgehead atoms. The third-order valence-corrected chi connectivity index (χ3v) is 5.70. The van der Waals surface area contributed by atoms with E-state index in [-0.39, 0.29) is 23.3 Å². The van der Waals surface area contributed by atoms with Gasteiger partial charge in [0.05, 0.1) is 18.2 Å². The maximum Gasteiger partial charge on any atom is 0.262 e. The van der Waals surface area contributed by atoms with Gasteiger partial charge in [0.15, 0.2) is 11.5 Å². The van der Waals surface area contributed by atoms with Gasteiger partial charge in [-0.2, -0.15) is 5.26 Å². The van der Waals surface area contributed by atoms with Crippen LogP contribution in [0.25, 0.3) is 6.08 Å². The Balaban J connectivity index is 1.75. The molecular formula is C23H21Cl3N2O4. The lowest BCUT2D eigenvalue weighted by Gasteiger charge is -2.14. The minimum Gasteiger partial charge on any atom is -0.493 e. The first kappa shape index (κ1) is 24.2. The molecule has 1 aliphatic rings. The predicted molar refractivity (Wildman–Crippen MR) is 124 cm³/mol. The van der Waals surface area contributed by atoms with Gasteiger partial charge in [-0.3, -0.25) is 4.79 Å². The fraction of sp³-hybridized carbons (Fsp3) is 0.304. The van der Waals surface area contributed by atoms with Crippen LogP contribution in [0.5, 0.6) is 11.5 Å². The number of methoxy groups -OCH3 is 1. The third kappa shape index (κ3) is 6.30. The van der Waals surface area contributed by atoms with E-state index in [1.165, 1.54) is 13.2 Å². The minimum atomic E-state index is -0.476. The smallest absolute Gasteiger partial charge is 0.262 e. The Morgan fingerprint density at radius 1 is 1.28 bits per heavy atom. The van der Waals surface area contributed by atoms with Crippen LogP contribution in [0, 0.1) is 11.3 Å². The summed E-state index contributed by atoms with van der Waals surface area (Å²) >= 11 is 18.5. The molecule has 0 radical (unpaired) electrons. The number of hydrogen-bond donors (Lipinski definition) is 1. The summed E-state index contributed by atoms with van der Waals surface area (Å²) in [5.74, 6) is 0.195. The van der Waals surface area contributed by atoms with Crippen molar-refractivity contribution in [2.75, 3.05) is 20.3 Å². The first-order chi connectivity index (χ1) is 15.4. The molecule has 1 saturated heterocycles. The zero-order valence-electron chi connectivity index (χ0n) is 17.3. The summed E-state index contributed by atoms with van der Waals surface area (Å²) < 4.78 is 16.7. The predicted octanol–water partition coefficient (Wildman–Crippen LogP) is 5.44. The summed E-state index contributed by atoms with van der Waals surface area (Å²) in [5, 5.41) is 13.4. The normalized spacial score (nSPS) is 15.8. The van der Waals surface area contributed by atoms with E-state index >= 15 is 0 Å². The van der Waals surface area contributed by atoms with Gasteiger partial charge in [0.1, 0.15) is 18.2 Å². The van der Waals surface area contributed by atoms with Crippen molar-refractivity contribution in [1.82, 2.24) is 5.32 Å². The second kappa shape index (κ2) is 11.4. The third-order valence-electron chi connectivity index (χ3n) is 4.83. The number of nitrogens with one attached hydrogen (secondary N) is 1. The highest BCUT2D eigenvalue weighted by Gasteiger charge is 2.18. The second-order valence-electron chi connectivity index (χ2n) is 7.07. The molecule has 1 aliphatic heterocycles. The Kier molecular flexibility index (Phi) is 8.66. The van der Waals surface area contributed by atoms with Crippen LogP contribution in [0.1, 0.15) is 24.0 Å². The lowest BCUT2D eigenvalue weighted by atomic mass is 10.1. The number of benzene rings is 2. The number of halogens is 3. The van der Waals surface area contributed by atoms with Crippen LogP contribution in [0.4, 0.5) is 0 Å². The topological polar surface area (TPSA) is 80.6 Å². The summed E-state index contributed by atoms with van der Waals surface area (Å²) in [5.41, 5.74) is 1.20. The Morgan fingerprint density at radius 3 is 2.75 bits per heavy atom. The van der Waals surface area contributed by atoms with Gasteiger partial charge in [-0.25, -0.2) is 0 Å². The highest BCUT2D eigenvalue weighted by atomic mass is 35.5. The largest absolute Gasteiger partial charge is 0.493 e. The fourth-order valence-corrected chi connectivity index (χ4v) is 3.91. The van der Waals surface area contributed by atoms with E-state index in [1.54, 1.807) is 30.3 Å². The van der Waals surface area contributed by atoms with E-state index in [4.69, 9.17) is 49.0 Å². The minimum absolute atomic E-state index is 0.0148. The van der Waals surface area contributed by atoms with Crippen LogP contribution in [-0.4, -0.2) is 32.3 Å². The van der Waals surface area contributed by atoms with Crippen LogP contribution >= 0.6 is 34.8 Å². The molecule has 0 unspecified atom stereocenters. The number of carbonyl (C=O) groups is 1. The monoisotopic (exact) mass is 494 g/mol. The highest BCUT2D eigenvalue weighted by Crippen LogP contribution is 2.38. The number of amides is 1. The molecule has 2 aromatic carbocycles. The molecule has 0 spiro atoms. The summed E-state index contributed by atoms with van der Waals surface area (Å²) in [6, 6.07) is 10.2. The summed E-state index contributed by atoms with van der Waals surface area (Å²) in [4.78, 5) is 12.4. The van der Waals surface area contributed by atoms with Crippen molar-refractivity contribution in [2.24, 2.45) is 0 Å². The van der Waals surface area contributed by atoms with E-state index in [1.807, 2.05) is 6.07 Å². The van der Waals surface area contributed by atoms with Gasteiger partial charge in [-0.05, 0) is 48.7 Å². The fourth-order valence-electron chi connectivity index (χ4n) is 3.17. The number of hydrogen-bond acceptors (Lipinski definition) is 5. The summed E-state index contributed by atoms with van der Waals surface area (Å²) in [6.45, 7) is 1.21. The lowest BCUT2D eigenvalue weighted by Crippen LogP contribution is -2.32. The number of ether oxygens (including phenoxy) is 3. The van der Waals surface area contributed by atoms with E-state index in [0.29, 0.717) is 40.3 Å². The van der Waals surface area contributed by atoms with Crippen molar-refractivity contribution < 1.29 is 19.0 Å². The van der Waals surface area contributed by atoms with E-state index in [2.05, 4.69) is 5.32 Å². The summed E-state index contributed by atoms with van der Waals surface area (Å²) in [7, 11) is 1.47. The highest BCUT2D eigenvalue weighted by molar-refractivity contribution is 6.35. The van der Waals surface area contributed by atoms with Gasteiger partial charge in [0.25, 0.3) is 5.91 Å². The lowest BCUT2D eigenvalue weighted by molar-refractivity contribution is -0.117. The maximum atomic E-state index is 12.4. The van der Waals surface area contributed by atoms with Gasteiger partial charge in [0, 0.05) is 28.8 Å². The van der Waals surface area contributed by atoms with Crippen LogP contribution in [0.15, 0.2) is 35.9 Å². The zero-order chi connectivity index (χ0) is 23.1. The van der Waals surface area contributed by atoms with Crippen molar-refractivity contribution in [3.05, 3.63) is 62.1 Å². The molecule has 1 atom stereocenters. The molecule has 9 heteroatoms. The van der Waals surface area contributed by atoms with Gasteiger partial charge in [-0.1, -0.05) is 40.9 Å². The quantitative estimate of drug-likeness (QED) is 0.390. The van der Waals surface area contributed by atoms with Gasteiger partial charge in [-0.15, -0.1) is 0 Å². The average molecular weight is 496 g/mol. The molecule has 1 amide bonds. The molecule has 0 aromatic heterocycles. The number of nitrogens with zero attached hydrogens (tertiary/aromatic N) is 1. The molecule has 0 aliphatic carbocycles. The first-order valence-electron chi connectivity index (χ1n) is 9.87. The molecule has 1 fully saturated rings. The molecule has 3 rings (SSSR count).